The Morgan fingerprint density at radius 1 is 0.829 bits per heavy atom. The standard InChI is InChI=1S/C24H36ClF3N2O5/c25-16-3-1-14(9-18(16)27)35-13-22(33)30-24-7-5-23(6-8-24,11-20(24)31)29-21(32)12-34-15-2-4-17(26)19(28)10-15/h14-20,31H,1-13H2,(H,29,32)(H,30,33)/t14?,15?,16?,17?,18?,19?,20-,23?,24?/m0/s1. The van der Waals surface area contributed by atoms with Gasteiger partial charge in [-0.3, -0.25) is 9.59 Å². The Morgan fingerprint density at radius 3 is 1.97 bits per heavy atom. The van der Waals surface area contributed by atoms with Gasteiger partial charge in [0.05, 0.1) is 29.2 Å². The number of alkyl halides is 4. The second kappa shape index (κ2) is 11.1. The van der Waals surface area contributed by atoms with Crippen molar-refractivity contribution in [1.82, 2.24) is 10.6 Å². The molecule has 2 amide bonds. The Hall–Kier alpha value is -1.10. The predicted molar refractivity (Wildman–Crippen MR) is 122 cm³/mol. The van der Waals surface area contributed by atoms with E-state index in [-0.39, 0.29) is 50.4 Å². The van der Waals surface area contributed by atoms with Crippen molar-refractivity contribution in [3.63, 3.8) is 0 Å². The molecule has 0 heterocycles. The molecule has 0 spiro atoms. The molecule has 6 unspecified atom stereocenters. The summed E-state index contributed by atoms with van der Waals surface area (Å²) in [7, 11) is 0. The van der Waals surface area contributed by atoms with Crippen molar-refractivity contribution in [3.8, 4) is 0 Å². The fourth-order valence-corrected chi connectivity index (χ4v) is 6.31. The van der Waals surface area contributed by atoms with Crippen molar-refractivity contribution in [3.05, 3.63) is 0 Å². The van der Waals surface area contributed by atoms with Gasteiger partial charge in [0.15, 0.2) is 0 Å². The van der Waals surface area contributed by atoms with Gasteiger partial charge in [0, 0.05) is 18.4 Å². The van der Waals surface area contributed by atoms with Gasteiger partial charge in [-0.2, -0.15) is 0 Å². The number of ether oxygens (including phenoxy) is 2. The highest BCUT2D eigenvalue weighted by Crippen LogP contribution is 2.47. The van der Waals surface area contributed by atoms with E-state index >= 15 is 0 Å². The lowest BCUT2D eigenvalue weighted by atomic mass is 9.60. The predicted octanol–water partition coefficient (Wildman–Crippen LogP) is 2.79. The summed E-state index contributed by atoms with van der Waals surface area (Å²) in [6.07, 6.45) is -1.68. The maximum absolute atomic E-state index is 13.8. The SMILES string of the molecule is O=C(COC1CCC(F)C(F)C1)NC12CCC(NC(=O)COC3CCC(Cl)C(F)C3)(CC1)[C@@H](O)C2. The molecule has 5 aliphatic rings. The van der Waals surface area contributed by atoms with Crippen LogP contribution in [0.3, 0.4) is 0 Å². The largest absolute Gasteiger partial charge is 0.391 e. The summed E-state index contributed by atoms with van der Waals surface area (Å²) in [5.41, 5.74) is -1.36. The molecule has 200 valence electrons. The molecule has 11 heteroatoms. The number of carbonyl (C=O) groups excluding carboxylic acids is 2. The molecule has 3 N–H and O–H groups in total. The van der Waals surface area contributed by atoms with E-state index in [1.165, 1.54) is 0 Å². The van der Waals surface area contributed by atoms with Crippen molar-refractivity contribution < 1.29 is 37.3 Å². The van der Waals surface area contributed by atoms with Crippen LogP contribution in [0.2, 0.25) is 0 Å². The molecular weight excluding hydrogens is 489 g/mol. The van der Waals surface area contributed by atoms with E-state index in [1.54, 1.807) is 0 Å². The first-order valence-electron chi connectivity index (χ1n) is 12.7. The lowest BCUT2D eigenvalue weighted by Gasteiger charge is -2.56. The Bertz CT molecular complexity index is 769. The van der Waals surface area contributed by atoms with Gasteiger partial charge in [-0.15, -0.1) is 11.6 Å². The molecule has 5 aliphatic carbocycles. The summed E-state index contributed by atoms with van der Waals surface area (Å²) in [6.45, 7) is -0.446. The number of hydrogen-bond acceptors (Lipinski definition) is 5. The number of halogens is 4. The molecule has 2 bridgehead atoms. The summed E-state index contributed by atoms with van der Waals surface area (Å²) in [5.74, 6) is -0.701. The van der Waals surface area contributed by atoms with Gasteiger partial charge < -0.3 is 25.2 Å². The van der Waals surface area contributed by atoms with Gasteiger partial charge in [-0.05, 0) is 57.8 Å². The molecule has 5 fully saturated rings. The smallest absolute Gasteiger partial charge is 0.246 e. The second-order valence-electron chi connectivity index (χ2n) is 10.8. The average Bonchev–Trinajstić information content (AvgIpc) is 2.82. The highest BCUT2D eigenvalue weighted by molar-refractivity contribution is 6.21. The van der Waals surface area contributed by atoms with Gasteiger partial charge in [0.2, 0.25) is 11.8 Å². The monoisotopic (exact) mass is 524 g/mol. The molecule has 0 aromatic heterocycles. The molecule has 0 aromatic rings. The minimum Gasteiger partial charge on any atom is -0.391 e. The minimum absolute atomic E-state index is 0.0490. The third-order valence-electron chi connectivity index (χ3n) is 8.30. The number of aliphatic hydroxyl groups excluding tert-OH is 1. The Labute approximate surface area is 208 Å². The van der Waals surface area contributed by atoms with Crippen molar-refractivity contribution in [1.29, 1.82) is 0 Å². The van der Waals surface area contributed by atoms with Crippen LogP contribution >= 0.6 is 11.6 Å². The van der Waals surface area contributed by atoms with Crippen molar-refractivity contribution in [2.75, 3.05) is 13.2 Å². The third kappa shape index (κ3) is 6.43. The van der Waals surface area contributed by atoms with Gasteiger partial charge in [0.25, 0.3) is 0 Å². The number of carbonyl (C=O) groups is 2. The number of aliphatic hydroxyl groups is 1. The molecule has 0 radical (unpaired) electrons. The Balaban J connectivity index is 1.20. The van der Waals surface area contributed by atoms with E-state index in [2.05, 4.69) is 10.6 Å². The molecule has 7 atom stereocenters. The normalized spacial score (nSPS) is 43.5. The van der Waals surface area contributed by atoms with Crippen LogP contribution in [0.1, 0.15) is 70.6 Å². The zero-order valence-electron chi connectivity index (χ0n) is 19.8. The Morgan fingerprint density at radius 2 is 1.40 bits per heavy atom. The van der Waals surface area contributed by atoms with Crippen LogP contribution in [-0.2, 0) is 19.1 Å². The van der Waals surface area contributed by atoms with E-state index < -0.39 is 47.2 Å². The van der Waals surface area contributed by atoms with E-state index in [0.717, 1.165) is 0 Å². The lowest BCUT2D eigenvalue weighted by molar-refractivity contribution is -0.142. The zero-order chi connectivity index (χ0) is 25.2. The molecule has 5 saturated carbocycles. The summed E-state index contributed by atoms with van der Waals surface area (Å²) in [6, 6.07) is 0. The summed E-state index contributed by atoms with van der Waals surface area (Å²) in [4.78, 5) is 25.1. The second-order valence-corrected chi connectivity index (χ2v) is 11.4. The first-order chi connectivity index (χ1) is 16.6. The number of nitrogens with one attached hydrogen (secondary N) is 2. The Kier molecular flexibility index (Phi) is 8.55. The van der Waals surface area contributed by atoms with Crippen LogP contribution in [0, 0.1) is 0 Å². The summed E-state index contributed by atoms with van der Waals surface area (Å²) < 4.78 is 51.7. The van der Waals surface area contributed by atoms with Crippen LogP contribution in [0.4, 0.5) is 13.2 Å². The maximum atomic E-state index is 13.8. The van der Waals surface area contributed by atoms with Crippen molar-refractivity contribution in [2.45, 2.75) is 124 Å². The van der Waals surface area contributed by atoms with E-state index in [9.17, 15) is 27.9 Å². The van der Waals surface area contributed by atoms with E-state index in [4.69, 9.17) is 21.1 Å². The highest BCUT2D eigenvalue weighted by atomic mass is 35.5. The summed E-state index contributed by atoms with van der Waals surface area (Å²) in [5, 5.41) is 16.3. The molecule has 35 heavy (non-hydrogen) atoms. The number of rotatable bonds is 8. The maximum Gasteiger partial charge on any atom is 0.246 e. The zero-order valence-corrected chi connectivity index (χ0v) is 20.6. The summed E-state index contributed by atoms with van der Waals surface area (Å²) >= 11 is 5.89. The van der Waals surface area contributed by atoms with Crippen LogP contribution in [0.5, 0.6) is 0 Å². The van der Waals surface area contributed by atoms with E-state index in [0.29, 0.717) is 51.4 Å². The fourth-order valence-electron chi connectivity index (χ4n) is 6.08. The van der Waals surface area contributed by atoms with Crippen molar-refractivity contribution >= 4 is 23.4 Å². The molecule has 7 nitrogen and oxygen atoms in total. The van der Waals surface area contributed by atoms with Crippen LogP contribution in [0.25, 0.3) is 0 Å². The first-order valence-corrected chi connectivity index (χ1v) is 13.1. The molecule has 0 aliphatic heterocycles. The van der Waals surface area contributed by atoms with Crippen molar-refractivity contribution in [2.24, 2.45) is 0 Å². The molecule has 5 rings (SSSR count). The first kappa shape index (κ1) is 26.9. The van der Waals surface area contributed by atoms with Gasteiger partial charge in [0.1, 0.15) is 31.7 Å². The van der Waals surface area contributed by atoms with Gasteiger partial charge in [-0.1, -0.05) is 0 Å². The minimum atomic E-state index is -1.56. The van der Waals surface area contributed by atoms with Crippen LogP contribution < -0.4 is 10.6 Å². The van der Waals surface area contributed by atoms with Crippen LogP contribution in [-0.4, -0.2) is 83.4 Å². The topological polar surface area (TPSA) is 96.9 Å². The van der Waals surface area contributed by atoms with E-state index in [1.807, 2.05) is 0 Å². The molecule has 0 saturated heterocycles. The number of amides is 2. The van der Waals surface area contributed by atoms with Gasteiger partial charge in [-0.25, -0.2) is 13.2 Å². The number of hydrogen-bond donors (Lipinski definition) is 3. The van der Waals surface area contributed by atoms with Crippen LogP contribution in [0.15, 0.2) is 0 Å². The highest BCUT2D eigenvalue weighted by Gasteiger charge is 2.55. The molecular formula is C24H36ClF3N2O5. The lowest BCUT2D eigenvalue weighted by Crippen LogP contribution is -2.70. The molecule has 0 aromatic carbocycles. The van der Waals surface area contributed by atoms with Gasteiger partial charge >= 0.3 is 0 Å². The fraction of sp³-hybridized carbons (Fsp3) is 0.917. The quantitative estimate of drug-likeness (QED) is 0.424. The average molecular weight is 525 g/mol. The number of fused-ring (bicyclic) bond motifs is 3. The third-order valence-corrected chi connectivity index (χ3v) is 8.80.